The second-order valence-electron chi connectivity index (χ2n) is 6.57. The summed E-state index contributed by atoms with van der Waals surface area (Å²) in [7, 11) is -16.4. The van der Waals surface area contributed by atoms with Crippen molar-refractivity contribution in [2.24, 2.45) is 0 Å². The molecule has 0 unspecified atom stereocenters. The van der Waals surface area contributed by atoms with Crippen LogP contribution in [0.3, 0.4) is 0 Å². The van der Waals surface area contributed by atoms with E-state index in [1.165, 1.54) is 0 Å². The molecule has 0 aliphatic heterocycles. The van der Waals surface area contributed by atoms with Gasteiger partial charge in [0.2, 0.25) is 0 Å². The number of hydrogen-bond donors (Lipinski definition) is 16. The maximum absolute atomic E-state index is 10.1. The second-order valence-corrected chi connectivity index (χ2v) is 13.2. The van der Waals surface area contributed by atoms with E-state index in [-0.39, 0.29) is 0 Å². The van der Waals surface area contributed by atoms with Crippen LogP contribution in [0.2, 0.25) is 0 Å². The van der Waals surface area contributed by atoms with E-state index in [4.69, 9.17) is 59.6 Å². The molecule has 0 aromatic rings. The predicted molar refractivity (Wildman–Crippen MR) is 130 cm³/mol. The third kappa shape index (κ3) is 65.4. The molecule has 0 aliphatic rings. The Kier molecular flexibility index (Phi) is 26.0. The van der Waals surface area contributed by atoms with Crippen LogP contribution < -0.4 is 21.3 Å². The van der Waals surface area contributed by atoms with E-state index >= 15 is 0 Å². The SMILES string of the molecule is O=C(O)CNCP(=O)(O)O.O=C(O)CNCP(=O)(O)O.O=C(O)CNCP(=O)(O)O.O=C(O)CNCP(=O)(O)O. The first-order valence-corrected chi connectivity index (χ1v) is 16.7. The van der Waals surface area contributed by atoms with Gasteiger partial charge in [0.1, 0.15) is 0 Å². The Morgan fingerprint density at radius 3 is 0.575 bits per heavy atom. The molecular weight excluding hydrogens is 644 g/mol. The molecule has 0 amide bonds. The van der Waals surface area contributed by atoms with E-state index in [1.54, 1.807) is 0 Å². The van der Waals surface area contributed by atoms with Crippen LogP contribution in [0.15, 0.2) is 0 Å². The summed E-state index contributed by atoms with van der Waals surface area (Å²) >= 11 is 0. The molecule has 0 radical (unpaired) electrons. The van der Waals surface area contributed by atoms with Crippen molar-refractivity contribution in [3.05, 3.63) is 0 Å². The number of hydrogen-bond acceptors (Lipinski definition) is 12. The molecule has 0 saturated heterocycles. The number of carbonyl (C=O) groups is 4. The van der Waals surface area contributed by atoms with Gasteiger partial charge in [-0.3, -0.25) is 58.7 Å². The lowest BCUT2D eigenvalue weighted by molar-refractivity contribution is -0.136. The van der Waals surface area contributed by atoms with Crippen molar-refractivity contribution in [3.8, 4) is 0 Å². The van der Waals surface area contributed by atoms with Crippen molar-refractivity contribution in [2.75, 3.05) is 51.3 Å². The summed E-state index contributed by atoms with van der Waals surface area (Å²) < 4.78 is 40.2. The first-order valence-electron chi connectivity index (χ1n) is 9.55. The lowest BCUT2D eigenvalue weighted by atomic mass is 10.7. The summed E-state index contributed by atoms with van der Waals surface area (Å²) in [5, 5.41) is 40.2. The summed E-state index contributed by atoms with van der Waals surface area (Å²) in [5.41, 5.74) is 0. The lowest BCUT2D eigenvalue weighted by Crippen LogP contribution is -2.23. The number of nitrogens with one attached hydrogen (secondary N) is 4. The highest BCUT2D eigenvalue weighted by atomic mass is 31.2. The van der Waals surface area contributed by atoms with Gasteiger partial charge < -0.3 is 59.6 Å². The molecule has 24 nitrogen and oxygen atoms in total. The van der Waals surface area contributed by atoms with E-state index in [0.29, 0.717) is 0 Å². The van der Waals surface area contributed by atoms with Crippen molar-refractivity contribution in [2.45, 2.75) is 0 Å². The van der Waals surface area contributed by atoms with Gasteiger partial charge in [-0.1, -0.05) is 0 Å². The standard InChI is InChI=1S/4C3H8NO5P/c4*5-3(6)1-4-2-10(7,8)9/h4*4H,1-2H2,(H,5,6)(H2,7,8,9). The van der Waals surface area contributed by atoms with Gasteiger partial charge in [-0.15, -0.1) is 0 Å². The van der Waals surface area contributed by atoms with Crippen molar-refractivity contribution in [1.82, 2.24) is 21.3 Å². The summed E-state index contributed by atoms with van der Waals surface area (Å²) in [6.45, 7) is -1.76. The third-order valence-corrected chi connectivity index (χ3v) is 4.92. The second kappa shape index (κ2) is 22.9. The molecule has 0 heterocycles. The Labute approximate surface area is 224 Å². The van der Waals surface area contributed by atoms with Gasteiger partial charge >= 0.3 is 54.3 Å². The summed E-state index contributed by atoms with van der Waals surface area (Å²) in [6.07, 6.45) is -2.39. The van der Waals surface area contributed by atoms with Gasteiger partial charge in [0.25, 0.3) is 0 Å². The molecule has 240 valence electrons. The number of rotatable bonds is 16. The van der Waals surface area contributed by atoms with Crippen LogP contribution in [-0.2, 0) is 37.4 Å². The largest absolute Gasteiger partial charge is 0.480 e. The minimum Gasteiger partial charge on any atom is -0.480 e. The van der Waals surface area contributed by atoms with Gasteiger partial charge in [-0.25, -0.2) is 0 Å². The fraction of sp³-hybridized carbons (Fsp3) is 0.667. The average Bonchev–Trinajstić information content (AvgIpc) is 2.64. The number of carboxylic acids is 4. The van der Waals surface area contributed by atoms with Gasteiger partial charge in [-0.05, 0) is 0 Å². The zero-order valence-electron chi connectivity index (χ0n) is 20.1. The Morgan fingerprint density at radius 1 is 0.375 bits per heavy atom. The lowest BCUT2D eigenvalue weighted by Gasteiger charge is -2.02. The normalized spacial score (nSPS) is 11.4. The zero-order chi connectivity index (χ0) is 32.8. The highest BCUT2D eigenvalue weighted by molar-refractivity contribution is 7.52. The summed E-state index contributed by atoms with van der Waals surface area (Å²) in [6, 6.07) is 0. The van der Waals surface area contributed by atoms with Crippen LogP contribution in [0.5, 0.6) is 0 Å². The molecule has 0 aliphatic carbocycles. The molecular formula is C12H32N4O20P4. The molecule has 0 aromatic heterocycles. The van der Waals surface area contributed by atoms with Crippen molar-refractivity contribution >= 4 is 54.3 Å². The molecule has 40 heavy (non-hydrogen) atoms. The highest BCUT2D eigenvalue weighted by Gasteiger charge is 2.13. The van der Waals surface area contributed by atoms with Crippen LogP contribution in [-0.4, -0.2) is 135 Å². The first kappa shape index (κ1) is 45.3. The molecule has 0 bridgehead atoms. The van der Waals surface area contributed by atoms with Crippen LogP contribution >= 0.6 is 30.4 Å². The predicted octanol–water partition coefficient (Wildman–Crippen LogP) is -4.82. The highest BCUT2D eigenvalue weighted by Crippen LogP contribution is 2.33. The first-order chi connectivity index (χ1) is 17.7. The van der Waals surface area contributed by atoms with Gasteiger partial charge in [0.15, 0.2) is 0 Å². The van der Waals surface area contributed by atoms with Gasteiger partial charge in [0, 0.05) is 0 Å². The number of aliphatic carboxylic acids is 4. The third-order valence-electron chi connectivity index (χ3n) is 2.38. The quantitative estimate of drug-likeness (QED) is 0.0682. The van der Waals surface area contributed by atoms with Gasteiger partial charge in [0.05, 0.1) is 51.3 Å². The molecule has 0 saturated carbocycles. The zero-order valence-corrected chi connectivity index (χ0v) is 23.7. The fourth-order valence-corrected chi connectivity index (χ4v) is 2.85. The Hall–Kier alpha value is -1.68. The Balaban J connectivity index is -0.000000216. The molecule has 0 fully saturated rings. The maximum Gasteiger partial charge on any atom is 0.339 e. The Morgan fingerprint density at radius 2 is 0.500 bits per heavy atom. The van der Waals surface area contributed by atoms with Crippen molar-refractivity contribution in [3.63, 3.8) is 0 Å². The van der Waals surface area contributed by atoms with E-state index < -0.39 is 106 Å². The van der Waals surface area contributed by atoms with E-state index in [0.717, 1.165) is 0 Å². The minimum atomic E-state index is -4.10. The average molecular weight is 676 g/mol. The molecule has 0 spiro atoms. The van der Waals surface area contributed by atoms with Crippen LogP contribution in [0.1, 0.15) is 0 Å². The van der Waals surface area contributed by atoms with E-state index in [2.05, 4.69) is 21.3 Å². The smallest absolute Gasteiger partial charge is 0.339 e. The molecule has 0 rings (SSSR count). The minimum absolute atomic E-state index is 0.439. The van der Waals surface area contributed by atoms with E-state index in [9.17, 15) is 37.4 Å². The van der Waals surface area contributed by atoms with Crippen molar-refractivity contribution < 1.29 is 97.0 Å². The molecule has 16 N–H and O–H groups in total. The summed E-state index contributed by atoms with van der Waals surface area (Å²) in [4.78, 5) is 105. The van der Waals surface area contributed by atoms with Crippen LogP contribution in [0.4, 0.5) is 0 Å². The maximum atomic E-state index is 10.1. The molecule has 0 atom stereocenters. The van der Waals surface area contributed by atoms with Gasteiger partial charge in [-0.2, -0.15) is 0 Å². The van der Waals surface area contributed by atoms with Crippen LogP contribution in [0, 0.1) is 0 Å². The summed E-state index contributed by atoms with van der Waals surface area (Å²) in [5.74, 6) is -4.58. The number of carboxylic acid groups (broad SMARTS) is 4. The fourth-order valence-electron chi connectivity index (χ4n) is 1.23. The molecule has 0 aromatic carbocycles. The topological polar surface area (TPSA) is 427 Å². The van der Waals surface area contributed by atoms with E-state index in [1.807, 2.05) is 0 Å². The van der Waals surface area contributed by atoms with Crippen LogP contribution in [0.25, 0.3) is 0 Å². The Bertz CT molecular complexity index is 801. The van der Waals surface area contributed by atoms with Crippen molar-refractivity contribution in [1.29, 1.82) is 0 Å². The molecule has 28 heteroatoms. The monoisotopic (exact) mass is 676 g/mol.